The Hall–Kier alpha value is -3.65. The van der Waals surface area contributed by atoms with Gasteiger partial charge in [-0.25, -0.2) is 4.98 Å². The van der Waals surface area contributed by atoms with Crippen LogP contribution in [-0.4, -0.2) is 43.1 Å². The van der Waals surface area contributed by atoms with Crippen LogP contribution in [0, 0.1) is 0 Å². The number of nitrogens with one attached hydrogen (secondary N) is 2. The van der Waals surface area contributed by atoms with Crippen LogP contribution < -0.4 is 15.5 Å². The van der Waals surface area contributed by atoms with Gasteiger partial charge in [0.1, 0.15) is 5.82 Å². The molecule has 2 aromatic heterocycles. The van der Waals surface area contributed by atoms with Crippen molar-refractivity contribution in [3.8, 4) is 0 Å². The number of benzene rings is 1. The van der Waals surface area contributed by atoms with Crippen molar-refractivity contribution in [2.24, 2.45) is 0 Å². The van der Waals surface area contributed by atoms with Crippen LogP contribution in [0.15, 0.2) is 65.4 Å². The van der Waals surface area contributed by atoms with E-state index in [9.17, 15) is 9.59 Å². The van der Waals surface area contributed by atoms with E-state index in [1.54, 1.807) is 48.7 Å². The normalized spacial score (nSPS) is 13.7. The lowest BCUT2D eigenvalue weighted by molar-refractivity contribution is 0.0995. The van der Waals surface area contributed by atoms with Crippen LogP contribution in [0.2, 0.25) is 0 Å². The third kappa shape index (κ3) is 4.61. The fourth-order valence-corrected chi connectivity index (χ4v) is 2.96. The van der Waals surface area contributed by atoms with Gasteiger partial charge in [-0.15, -0.1) is 0 Å². The third-order valence-corrected chi connectivity index (χ3v) is 4.52. The molecule has 1 aliphatic heterocycles. The predicted octanol–water partition coefficient (Wildman–Crippen LogP) is 3.02. The minimum atomic E-state index is -0.350. The second-order valence-electron chi connectivity index (χ2n) is 6.46. The average Bonchev–Trinajstić information content (AvgIpc) is 3.31. The van der Waals surface area contributed by atoms with Gasteiger partial charge >= 0.3 is 0 Å². The zero-order valence-electron chi connectivity index (χ0n) is 15.6. The van der Waals surface area contributed by atoms with Crippen molar-refractivity contribution in [2.75, 3.05) is 41.8 Å². The highest BCUT2D eigenvalue weighted by atomic mass is 16.5. The molecule has 3 aromatic rings. The first-order valence-electron chi connectivity index (χ1n) is 9.24. The number of rotatable bonds is 5. The summed E-state index contributed by atoms with van der Waals surface area (Å²) in [5.74, 6) is 0.0675. The Kier molecular flexibility index (Phi) is 5.53. The van der Waals surface area contributed by atoms with Crippen LogP contribution in [0.1, 0.15) is 20.9 Å². The number of hydrogen-bond acceptors (Lipinski definition) is 6. The van der Waals surface area contributed by atoms with Crippen molar-refractivity contribution in [3.05, 3.63) is 72.3 Å². The number of carbonyl (C=O) groups is 2. The molecule has 4 rings (SSSR count). The minimum absolute atomic E-state index is 0.221. The molecule has 0 radical (unpaired) electrons. The molecule has 0 saturated carbocycles. The van der Waals surface area contributed by atoms with E-state index in [1.165, 1.54) is 6.26 Å². The maximum atomic E-state index is 12.4. The van der Waals surface area contributed by atoms with E-state index in [1.807, 2.05) is 6.07 Å². The Morgan fingerprint density at radius 1 is 0.931 bits per heavy atom. The maximum absolute atomic E-state index is 12.4. The molecule has 0 aliphatic carbocycles. The van der Waals surface area contributed by atoms with Crippen molar-refractivity contribution in [2.45, 2.75) is 0 Å². The van der Waals surface area contributed by atoms with E-state index < -0.39 is 0 Å². The number of aromatic nitrogens is 1. The number of carbonyl (C=O) groups excluding carboxylic acids is 2. The Bertz CT molecular complexity index is 963. The van der Waals surface area contributed by atoms with Crippen molar-refractivity contribution in [1.29, 1.82) is 0 Å². The van der Waals surface area contributed by atoms with E-state index in [0.717, 1.165) is 18.8 Å². The van der Waals surface area contributed by atoms with E-state index >= 15 is 0 Å². The number of anilines is 3. The van der Waals surface area contributed by atoms with Crippen molar-refractivity contribution in [1.82, 2.24) is 4.98 Å². The van der Waals surface area contributed by atoms with Crippen LogP contribution >= 0.6 is 0 Å². The van der Waals surface area contributed by atoms with Gasteiger partial charge in [0.15, 0.2) is 5.76 Å². The summed E-state index contributed by atoms with van der Waals surface area (Å²) in [4.78, 5) is 30.9. The van der Waals surface area contributed by atoms with Gasteiger partial charge in [-0.2, -0.15) is 0 Å². The molecule has 148 valence electrons. The number of hydrogen-bond donors (Lipinski definition) is 2. The SMILES string of the molecule is O=C(Nc1ccc(N2CCOCC2)cn1)c1ccc(NC(=O)c2ccco2)cc1. The summed E-state index contributed by atoms with van der Waals surface area (Å²) in [5.41, 5.74) is 2.03. The number of morpholine rings is 1. The van der Waals surface area contributed by atoms with Crippen molar-refractivity contribution in [3.63, 3.8) is 0 Å². The molecule has 1 fully saturated rings. The molecule has 2 amide bonds. The van der Waals surface area contributed by atoms with Crippen LogP contribution in [0.4, 0.5) is 17.2 Å². The zero-order valence-corrected chi connectivity index (χ0v) is 15.6. The van der Waals surface area contributed by atoms with Crippen LogP contribution in [0.5, 0.6) is 0 Å². The highest BCUT2D eigenvalue weighted by Crippen LogP contribution is 2.17. The molecule has 0 unspecified atom stereocenters. The Balaban J connectivity index is 1.35. The van der Waals surface area contributed by atoms with Gasteiger partial charge in [0.2, 0.25) is 0 Å². The topological polar surface area (TPSA) is 96.7 Å². The minimum Gasteiger partial charge on any atom is -0.459 e. The average molecular weight is 392 g/mol. The fourth-order valence-electron chi connectivity index (χ4n) is 2.96. The highest BCUT2D eigenvalue weighted by Gasteiger charge is 2.13. The van der Waals surface area contributed by atoms with Crippen LogP contribution in [0.25, 0.3) is 0 Å². The van der Waals surface area contributed by atoms with Crippen molar-refractivity contribution >= 4 is 29.0 Å². The molecule has 2 N–H and O–H groups in total. The quantitative estimate of drug-likeness (QED) is 0.693. The Labute approximate surface area is 167 Å². The molecule has 8 nitrogen and oxygen atoms in total. The highest BCUT2D eigenvalue weighted by molar-refractivity contribution is 6.05. The van der Waals surface area contributed by atoms with Crippen LogP contribution in [0.3, 0.4) is 0 Å². The van der Waals surface area contributed by atoms with Gasteiger partial charge in [-0.05, 0) is 48.5 Å². The number of amides is 2. The number of ether oxygens (including phenoxy) is 1. The summed E-state index contributed by atoms with van der Waals surface area (Å²) in [6.07, 6.45) is 3.18. The molecular formula is C21H20N4O4. The van der Waals surface area contributed by atoms with Gasteiger partial charge < -0.3 is 24.7 Å². The van der Waals surface area contributed by atoms with Gasteiger partial charge in [0, 0.05) is 24.3 Å². The standard InChI is InChI=1S/C21H20N4O4/c26-20(24-19-8-7-17(14-22-19)25-9-12-28-13-10-25)15-3-5-16(6-4-15)23-21(27)18-2-1-11-29-18/h1-8,11,14H,9-10,12-13H2,(H,23,27)(H,22,24,26). The molecule has 3 heterocycles. The lowest BCUT2D eigenvalue weighted by Gasteiger charge is -2.28. The van der Waals surface area contributed by atoms with E-state index in [4.69, 9.17) is 9.15 Å². The van der Waals surface area contributed by atoms with Gasteiger partial charge in [-0.1, -0.05) is 0 Å². The first kappa shape index (κ1) is 18.7. The Morgan fingerprint density at radius 3 is 2.38 bits per heavy atom. The maximum Gasteiger partial charge on any atom is 0.291 e. The monoisotopic (exact) mass is 392 g/mol. The summed E-state index contributed by atoms with van der Waals surface area (Å²) in [5, 5.41) is 5.48. The first-order valence-corrected chi connectivity index (χ1v) is 9.24. The van der Waals surface area contributed by atoms with Gasteiger partial charge in [0.25, 0.3) is 11.8 Å². The molecule has 1 aliphatic rings. The second-order valence-corrected chi connectivity index (χ2v) is 6.46. The Morgan fingerprint density at radius 2 is 1.72 bits per heavy atom. The van der Waals surface area contributed by atoms with E-state index in [0.29, 0.717) is 30.3 Å². The summed E-state index contributed by atoms with van der Waals surface area (Å²) < 4.78 is 10.4. The molecule has 0 atom stereocenters. The molecular weight excluding hydrogens is 372 g/mol. The second kappa shape index (κ2) is 8.57. The number of nitrogens with zero attached hydrogens (tertiary/aromatic N) is 2. The smallest absolute Gasteiger partial charge is 0.291 e. The third-order valence-electron chi connectivity index (χ3n) is 4.52. The van der Waals surface area contributed by atoms with E-state index in [2.05, 4.69) is 20.5 Å². The number of furan rings is 1. The summed E-state index contributed by atoms with van der Waals surface area (Å²) in [7, 11) is 0. The fraction of sp³-hybridized carbons (Fsp3) is 0.190. The van der Waals surface area contributed by atoms with E-state index in [-0.39, 0.29) is 17.6 Å². The van der Waals surface area contributed by atoms with Gasteiger partial charge in [-0.3, -0.25) is 9.59 Å². The zero-order chi connectivity index (χ0) is 20.1. The van der Waals surface area contributed by atoms with Gasteiger partial charge in [0.05, 0.1) is 31.4 Å². The number of pyridine rings is 1. The van der Waals surface area contributed by atoms with Crippen molar-refractivity contribution < 1.29 is 18.7 Å². The first-order chi connectivity index (χ1) is 14.2. The molecule has 1 saturated heterocycles. The van der Waals surface area contributed by atoms with Crippen LogP contribution in [-0.2, 0) is 4.74 Å². The lowest BCUT2D eigenvalue weighted by atomic mass is 10.2. The molecule has 0 spiro atoms. The predicted molar refractivity (Wildman–Crippen MR) is 108 cm³/mol. The molecule has 1 aromatic carbocycles. The summed E-state index contributed by atoms with van der Waals surface area (Å²) in [6, 6.07) is 13.5. The molecule has 8 heteroatoms. The summed E-state index contributed by atoms with van der Waals surface area (Å²) >= 11 is 0. The largest absolute Gasteiger partial charge is 0.459 e. The molecule has 29 heavy (non-hydrogen) atoms. The summed E-state index contributed by atoms with van der Waals surface area (Å²) in [6.45, 7) is 3.07. The molecule has 0 bridgehead atoms. The lowest BCUT2D eigenvalue weighted by Crippen LogP contribution is -2.36.